The Morgan fingerprint density at radius 3 is 1.52 bits per heavy atom. The second-order valence-corrected chi connectivity index (χ2v) is 9.26. The van der Waals surface area contributed by atoms with Crippen LogP contribution in [-0.2, 0) is 10.1 Å². The summed E-state index contributed by atoms with van der Waals surface area (Å²) in [5, 5.41) is 0. The van der Waals surface area contributed by atoms with Crippen LogP contribution in [-0.4, -0.2) is 18.7 Å². The molecule has 0 saturated carbocycles. The van der Waals surface area contributed by atoms with Crippen LogP contribution < -0.4 is 0 Å². The van der Waals surface area contributed by atoms with Crippen LogP contribution in [0, 0.1) is 5.92 Å². The van der Waals surface area contributed by atoms with Crippen molar-refractivity contribution in [1.29, 1.82) is 0 Å². The summed E-state index contributed by atoms with van der Waals surface area (Å²) in [6, 6.07) is 0. The third kappa shape index (κ3) is 21.5. The van der Waals surface area contributed by atoms with Crippen molar-refractivity contribution >= 4 is 10.1 Å². The highest BCUT2D eigenvalue weighted by atomic mass is 32.2. The Bertz CT molecular complexity index is 466. The van der Waals surface area contributed by atoms with Gasteiger partial charge in [-0.3, -0.25) is 4.55 Å². The minimum Gasteiger partial charge on any atom is -0.286 e. The van der Waals surface area contributed by atoms with Gasteiger partial charge in [0.2, 0.25) is 0 Å². The largest absolute Gasteiger partial charge is 0.286 e. The normalized spacial score (nSPS) is 13.7. The van der Waals surface area contributed by atoms with Gasteiger partial charge in [-0.15, -0.1) is 0 Å². The summed E-state index contributed by atoms with van der Waals surface area (Å²) in [6.45, 7) is 4.43. The van der Waals surface area contributed by atoms with E-state index in [-0.39, 0.29) is 11.7 Å². The van der Waals surface area contributed by atoms with E-state index in [2.05, 4.69) is 38.2 Å². The molecule has 1 N–H and O–H groups in total. The average Bonchev–Trinajstić information content (AvgIpc) is 2.61. The van der Waals surface area contributed by atoms with Crippen LogP contribution in [0.25, 0.3) is 0 Å². The lowest BCUT2D eigenvalue weighted by Crippen LogP contribution is -2.15. The molecule has 0 saturated heterocycles. The first-order chi connectivity index (χ1) is 13.0. The van der Waals surface area contributed by atoms with E-state index in [1.54, 1.807) is 0 Å². The van der Waals surface area contributed by atoms with Crippen molar-refractivity contribution in [3.63, 3.8) is 0 Å². The molecule has 0 aromatic carbocycles. The molecule has 0 heterocycles. The number of hydrogen-bond acceptors (Lipinski definition) is 2. The maximum Gasteiger partial charge on any atom is 0.265 e. The van der Waals surface area contributed by atoms with Crippen molar-refractivity contribution in [3.05, 3.63) is 24.3 Å². The molecule has 1 atom stereocenters. The monoisotopic (exact) mass is 400 g/mol. The molecular formula is C23H44O3S. The fourth-order valence-corrected chi connectivity index (χ4v) is 4.25. The van der Waals surface area contributed by atoms with E-state index in [1.807, 2.05) is 0 Å². The van der Waals surface area contributed by atoms with E-state index in [4.69, 9.17) is 0 Å². The molecule has 0 fully saturated rings. The standard InChI is InChI=1S/C23H44O3S/c1-3-5-7-9-11-13-15-17-19-21-23(22-27(24,25)26)20-18-16-14-12-10-8-6-4-2/h11-14,23H,3-10,15-22H2,1-2H3,(H,24,25,26). The second kappa shape index (κ2) is 18.7. The molecule has 160 valence electrons. The van der Waals surface area contributed by atoms with Crippen LogP contribution in [0.3, 0.4) is 0 Å². The average molecular weight is 401 g/mol. The van der Waals surface area contributed by atoms with Crippen LogP contribution in [0.15, 0.2) is 24.3 Å². The van der Waals surface area contributed by atoms with E-state index in [0.29, 0.717) is 0 Å². The summed E-state index contributed by atoms with van der Waals surface area (Å²) in [7, 11) is -3.87. The minimum atomic E-state index is -3.87. The number of allylic oxidation sites excluding steroid dienone is 4. The Labute approximate surface area is 169 Å². The van der Waals surface area contributed by atoms with Gasteiger partial charge in [-0.25, -0.2) is 0 Å². The summed E-state index contributed by atoms with van der Waals surface area (Å²) in [5.74, 6) is 0.00195. The lowest BCUT2D eigenvalue weighted by Gasteiger charge is -2.14. The zero-order valence-electron chi connectivity index (χ0n) is 17.9. The predicted molar refractivity (Wildman–Crippen MR) is 119 cm³/mol. The Morgan fingerprint density at radius 1 is 0.667 bits per heavy atom. The minimum absolute atomic E-state index is 0.0833. The van der Waals surface area contributed by atoms with Gasteiger partial charge in [-0.2, -0.15) is 8.42 Å². The summed E-state index contributed by atoms with van der Waals surface area (Å²) in [4.78, 5) is 0. The Morgan fingerprint density at radius 2 is 1.07 bits per heavy atom. The van der Waals surface area contributed by atoms with Gasteiger partial charge >= 0.3 is 0 Å². The molecule has 0 aliphatic rings. The van der Waals surface area contributed by atoms with E-state index in [0.717, 1.165) is 51.4 Å². The third-order valence-corrected chi connectivity index (χ3v) is 5.84. The fraction of sp³-hybridized carbons (Fsp3) is 0.826. The molecular weight excluding hydrogens is 356 g/mol. The van der Waals surface area contributed by atoms with Crippen molar-refractivity contribution in [2.24, 2.45) is 5.92 Å². The molecule has 0 amide bonds. The molecule has 0 aliphatic carbocycles. The van der Waals surface area contributed by atoms with Crippen molar-refractivity contribution < 1.29 is 13.0 Å². The third-order valence-electron chi connectivity index (χ3n) is 4.94. The van der Waals surface area contributed by atoms with Gasteiger partial charge in [0.25, 0.3) is 10.1 Å². The van der Waals surface area contributed by atoms with Crippen molar-refractivity contribution in [1.82, 2.24) is 0 Å². The molecule has 0 radical (unpaired) electrons. The molecule has 1 unspecified atom stereocenters. The molecule has 0 aliphatic heterocycles. The summed E-state index contributed by atoms with van der Waals surface area (Å²) in [6.07, 6.45) is 26.0. The van der Waals surface area contributed by atoms with Crippen molar-refractivity contribution in [3.8, 4) is 0 Å². The summed E-state index contributed by atoms with van der Waals surface area (Å²) in [5.41, 5.74) is 0. The van der Waals surface area contributed by atoms with Crippen LogP contribution in [0.2, 0.25) is 0 Å². The first kappa shape index (κ1) is 26.4. The SMILES string of the molecule is CCCCCC=CCCCCC(CCCC=CCCCCC)CS(=O)(=O)O. The number of unbranched alkanes of at least 4 members (excludes halogenated alkanes) is 9. The highest BCUT2D eigenvalue weighted by Crippen LogP contribution is 2.19. The lowest BCUT2D eigenvalue weighted by atomic mass is 9.97. The van der Waals surface area contributed by atoms with Crippen LogP contribution in [0.5, 0.6) is 0 Å². The number of hydrogen-bond donors (Lipinski definition) is 1. The Balaban J connectivity index is 3.94. The van der Waals surface area contributed by atoms with Crippen molar-refractivity contribution in [2.45, 2.75) is 110 Å². The summed E-state index contributed by atoms with van der Waals surface area (Å²) < 4.78 is 31.7. The van der Waals surface area contributed by atoms with Gasteiger partial charge < -0.3 is 0 Å². The van der Waals surface area contributed by atoms with E-state index in [9.17, 15) is 13.0 Å². The van der Waals surface area contributed by atoms with Crippen LogP contribution >= 0.6 is 0 Å². The smallest absolute Gasteiger partial charge is 0.265 e. The predicted octanol–water partition coefficient (Wildman–Crippen LogP) is 7.49. The highest BCUT2D eigenvalue weighted by molar-refractivity contribution is 7.85. The van der Waals surface area contributed by atoms with Gasteiger partial charge in [0, 0.05) is 0 Å². The molecule has 27 heavy (non-hydrogen) atoms. The van der Waals surface area contributed by atoms with Crippen molar-refractivity contribution in [2.75, 3.05) is 5.75 Å². The topological polar surface area (TPSA) is 54.4 Å². The van der Waals surface area contributed by atoms with Gasteiger partial charge in [-0.05, 0) is 70.1 Å². The van der Waals surface area contributed by atoms with E-state index >= 15 is 0 Å². The fourth-order valence-electron chi connectivity index (χ4n) is 3.32. The Hall–Kier alpha value is -0.610. The van der Waals surface area contributed by atoms with Gasteiger partial charge in [0.05, 0.1) is 5.75 Å². The molecule has 0 bridgehead atoms. The molecule has 4 heteroatoms. The first-order valence-corrected chi connectivity index (χ1v) is 12.9. The van der Waals surface area contributed by atoms with Gasteiger partial charge in [0.15, 0.2) is 0 Å². The maximum absolute atomic E-state index is 11.3. The zero-order valence-corrected chi connectivity index (χ0v) is 18.7. The van der Waals surface area contributed by atoms with E-state index in [1.165, 1.54) is 44.9 Å². The molecule has 0 rings (SSSR count). The summed E-state index contributed by atoms with van der Waals surface area (Å²) >= 11 is 0. The molecule has 0 aromatic rings. The van der Waals surface area contributed by atoms with Gasteiger partial charge in [-0.1, -0.05) is 70.3 Å². The van der Waals surface area contributed by atoms with Crippen LogP contribution in [0.4, 0.5) is 0 Å². The molecule has 0 spiro atoms. The van der Waals surface area contributed by atoms with Gasteiger partial charge in [0.1, 0.15) is 0 Å². The van der Waals surface area contributed by atoms with Crippen LogP contribution in [0.1, 0.15) is 110 Å². The molecule has 3 nitrogen and oxygen atoms in total. The van der Waals surface area contributed by atoms with E-state index < -0.39 is 10.1 Å². The Kier molecular flexibility index (Phi) is 18.3. The first-order valence-electron chi connectivity index (χ1n) is 11.2. The quantitative estimate of drug-likeness (QED) is 0.139. The zero-order chi connectivity index (χ0) is 20.2. The number of rotatable bonds is 19. The molecule has 0 aromatic heterocycles. The second-order valence-electron chi connectivity index (χ2n) is 7.76. The lowest BCUT2D eigenvalue weighted by molar-refractivity contribution is 0.423. The maximum atomic E-state index is 11.3. The highest BCUT2D eigenvalue weighted by Gasteiger charge is 2.16.